The molecule has 1 atom stereocenters. The molecule has 0 aliphatic carbocycles. The van der Waals surface area contributed by atoms with Crippen LogP contribution in [0.25, 0.3) is 0 Å². The van der Waals surface area contributed by atoms with Gasteiger partial charge in [0.25, 0.3) is 5.91 Å². The summed E-state index contributed by atoms with van der Waals surface area (Å²) in [7, 11) is 1.68. The summed E-state index contributed by atoms with van der Waals surface area (Å²) in [6.45, 7) is 0.386. The zero-order chi connectivity index (χ0) is 15.8. The second kappa shape index (κ2) is 7.84. The lowest BCUT2D eigenvalue weighted by molar-refractivity contribution is -0.137. The van der Waals surface area contributed by atoms with E-state index < -0.39 is 6.10 Å². The number of amides is 1. The Morgan fingerprint density at radius 1 is 1.14 bits per heavy atom. The molecule has 112 valence electrons. The van der Waals surface area contributed by atoms with Crippen LogP contribution in [0.4, 0.5) is 0 Å². The van der Waals surface area contributed by atoms with Crippen LogP contribution < -0.4 is 4.74 Å². The van der Waals surface area contributed by atoms with Crippen molar-refractivity contribution in [3.05, 3.63) is 66.2 Å². The number of likely N-dealkylation sites (N-methyl/N-ethyl adjacent to an activating group) is 1. The number of hydrogen-bond donors (Lipinski definition) is 0. The lowest BCUT2D eigenvalue weighted by Gasteiger charge is -2.24. The first-order chi connectivity index (χ1) is 10.7. The Morgan fingerprint density at radius 3 is 2.32 bits per heavy atom. The smallest absolute Gasteiger partial charge is 0.268 e. The van der Waals surface area contributed by atoms with Crippen LogP contribution in [0.3, 0.4) is 0 Å². The maximum Gasteiger partial charge on any atom is 0.268 e. The predicted octanol–water partition coefficient (Wildman–Crippen LogP) is 3.18. The fourth-order valence-corrected chi connectivity index (χ4v) is 2.05. The predicted molar refractivity (Wildman–Crippen MR) is 84.1 cm³/mol. The molecule has 0 spiro atoms. The minimum atomic E-state index is -0.715. The Bertz CT molecular complexity index is 635. The van der Waals surface area contributed by atoms with E-state index in [1.807, 2.05) is 66.7 Å². The number of nitrogens with zero attached hydrogens (tertiary/aromatic N) is 2. The van der Waals surface area contributed by atoms with Crippen molar-refractivity contribution in [3.63, 3.8) is 0 Å². The van der Waals surface area contributed by atoms with Crippen molar-refractivity contribution in [1.29, 1.82) is 5.26 Å². The van der Waals surface area contributed by atoms with E-state index >= 15 is 0 Å². The largest absolute Gasteiger partial charge is 0.476 e. The van der Waals surface area contributed by atoms with Crippen molar-refractivity contribution >= 4 is 5.91 Å². The van der Waals surface area contributed by atoms with Gasteiger partial charge in [-0.15, -0.1) is 0 Å². The van der Waals surface area contributed by atoms with Crippen LogP contribution in [0.15, 0.2) is 60.7 Å². The standard InChI is InChI=1S/C18H18N2O2/c1-20(14-8-13-19)18(21)17(15-9-4-2-5-10-15)22-16-11-6-3-7-12-16/h2-7,9-12,17H,8,14H2,1H3. The first-order valence-corrected chi connectivity index (χ1v) is 7.11. The average Bonchev–Trinajstić information content (AvgIpc) is 2.58. The Balaban J connectivity index is 2.22. The van der Waals surface area contributed by atoms with E-state index in [1.54, 1.807) is 7.05 Å². The fraction of sp³-hybridized carbons (Fsp3) is 0.222. The van der Waals surface area contributed by atoms with Gasteiger partial charge in [-0.25, -0.2) is 0 Å². The molecule has 0 saturated carbocycles. The molecule has 4 nitrogen and oxygen atoms in total. The van der Waals surface area contributed by atoms with Crippen molar-refractivity contribution in [2.45, 2.75) is 12.5 Å². The maximum atomic E-state index is 12.6. The molecule has 0 bridgehead atoms. The minimum Gasteiger partial charge on any atom is -0.476 e. The van der Waals surface area contributed by atoms with Crippen molar-refractivity contribution < 1.29 is 9.53 Å². The summed E-state index contributed by atoms with van der Waals surface area (Å²) < 4.78 is 5.89. The summed E-state index contributed by atoms with van der Waals surface area (Å²) >= 11 is 0. The number of benzene rings is 2. The molecule has 0 aromatic heterocycles. The van der Waals surface area contributed by atoms with E-state index in [1.165, 1.54) is 4.90 Å². The lowest BCUT2D eigenvalue weighted by atomic mass is 10.1. The number of para-hydroxylation sites is 1. The van der Waals surface area contributed by atoms with E-state index in [9.17, 15) is 4.79 Å². The number of rotatable bonds is 6. The highest BCUT2D eigenvalue weighted by Crippen LogP contribution is 2.23. The molecule has 0 radical (unpaired) electrons. The molecule has 0 saturated heterocycles. The van der Waals surface area contributed by atoms with Gasteiger partial charge in [0.05, 0.1) is 12.5 Å². The number of carbonyl (C=O) groups is 1. The molecule has 4 heteroatoms. The quantitative estimate of drug-likeness (QED) is 0.822. The highest BCUT2D eigenvalue weighted by molar-refractivity contribution is 5.82. The lowest BCUT2D eigenvalue weighted by Crippen LogP contribution is -2.35. The first kappa shape index (κ1) is 15.6. The van der Waals surface area contributed by atoms with Crippen molar-refractivity contribution in [1.82, 2.24) is 4.90 Å². The van der Waals surface area contributed by atoms with Gasteiger partial charge in [-0.3, -0.25) is 4.79 Å². The van der Waals surface area contributed by atoms with Gasteiger partial charge in [-0.05, 0) is 12.1 Å². The summed E-state index contributed by atoms with van der Waals surface area (Å²) in [5, 5.41) is 8.67. The van der Waals surface area contributed by atoms with E-state index in [4.69, 9.17) is 10.00 Å². The third-order valence-corrected chi connectivity index (χ3v) is 3.26. The molecule has 2 aromatic rings. The van der Waals surface area contributed by atoms with E-state index in [-0.39, 0.29) is 5.91 Å². The molecule has 2 rings (SSSR count). The highest BCUT2D eigenvalue weighted by atomic mass is 16.5. The van der Waals surface area contributed by atoms with Gasteiger partial charge in [-0.1, -0.05) is 48.5 Å². The van der Waals surface area contributed by atoms with E-state index in [2.05, 4.69) is 0 Å². The zero-order valence-corrected chi connectivity index (χ0v) is 12.5. The minimum absolute atomic E-state index is 0.162. The second-order valence-electron chi connectivity index (χ2n) is 4.89. The van der Waals surface area contributed by atoms with Crippen LogP contribution in [0.1, 0.15) is 18.1 Å². The number of nitriles is 1. The third-order valence-electron chi connectivity index (χ3n) is 3.26. The Morgan fingerprint density at radius 2 is 1.73 bits per heavy atom. The SMILES string of the molecule is CN(CCC#N)C(=O)C(Oc1ccccc1)c1ccccc1. The van der Waals surface area contributed by atoms with Crippen LogP contribution >= 0.6 is 0 Å². The van der Waals surface area contributed by atoms with E-state index in [0.717, 1.165) is 5.56 Å². The van der Waals surface area contributed by atoms with Crippen molar-refractivity contribution in [2.24, 2.45) is 0 Å². The summed E-state index contributed by atoms with van der Waals surface area (Å²) in [5.74, 6) is 0.476. The molecule has 0 aliphatic rings. The van der Waals surface area contributed by atoms with Crippen LogP contribution in [0, 0.1) is 11.3 Å². The Kier molecular flexibility index (Phi) is 5.56. The molecular formula is C18H18N2O2. The van der Waals surface area contributed by atoms with Gasteiger partial charge in [-0.2, -0.15) is 5.26 Å². The van der Waals surface area contributed by atoms with Gasteiger partial charge in [0, 0.05) is 19.2 Å². The van der Waals surface area contributed by atoms with Gasteiger partial charge >= 0.3 is 0 Å². The van der Waals surface area contributed by atoms with Gasteiger partial charge in [0.1, 0.15) is 5.75 Å². The van der Waals surface area contributed by atoms with Crippen LogP contribution in [0.2, 0.25) is 0 Å². The van der Waals surface area contributed by atoms with E-state index in [0.29, 0.717) is 18.7 Å². The number of hydrogen-bond acceptors (Lipinski definition) is 3. The molecule has 1 unspecified atom stereocenters. The number of carbonyl (C=O) groups excluding carboxylic acids is 1. The normalized spacial score (nSPS) is 11.3. The van der Waals surface area contributed by atoms with Crippen molar-refractivity contribution in [2.75, 3.05) is 13.6 Å². The highest BCUT2D eigenvalue weighted by Gasteiger charge is 2.25. The molecule has 22 heavy (non-hydrogen) atoms. The van der Waals surface area contributed by atoms with Crippen molar-refractivity contribution in [3.8, 4) is 11.8 Å². The molecule has 0 heterocycles. The molecule has 0 aliphatic heterocycles. The fourth-order valence-electron chi connectivity index (χ4n) is 2.05. The average molecular weight is 294 g/mol. The monoisotopic (exact) mass is 294 g/mol. The zero-order valence-electron chi connectivity index (χ0n) is 12.5. The third kappa shape index (κ3) is 4.10. The molecular weight excluding hydrogens is 276 g/mol. The summed E-state index contributed by atoms with van der Waals surface area (Å²) in [6, 6.07) is 20.7. The van der Waals surface area contributed by atoms with Crippen LogP contribution in [0.5, 0.6) is 5.75 Å². The summed E-state index contributed by atoms with van der Waals surface area (Å²) in [6.07, 6.45) is -0.415. The second-order valence-corrected chi connectivity index (χ2v) is 4.89. The number of ether oxygens (including phenoxy) is 1. The molecule has 0 fully saturated rings. The maximum absolute atomic E-state index is 12.6. The van der Waals surface area contributed by atoms with Gasteiger partial charge in [0.15, 0.2) is 0 Å². The van der Waals surface area contributed by atoms with Gasteiger partial charge in [0.2, 0.25) is 6.10 Å². The summed E-state index contributed by atoms with van der Waals surface area (Å²) in [4.78, 5) is 14.2. The molecule has 2 aromatic carbocycles. The van der Waals surface area contributed by atoms with Crippen LogP contribution in [-0.4, -0.2) is 24.4 Å². The molecule has 0 N–H and O–H groups in total. The van der Waals surface area contributed by atoms with Crippen LogP contribution in [-0.2, 0) is 4.79 Å². The molecule has 1 amide bonds. The van der Waals surface area contributed by atoms with Gasteiger partial charge < -0.3 is 9.64 Å². The Labute approximate surface area is 130 Å². The first-order valence-electron chi connectivity index (χ1n) is 7.11. The summed E-state index contributed by atoms with van der Waals surface area (Å²) in [5.41, 5.74) is 0.792. The Hall–Kier alpha value is -2.80. The topological polar surface area (TPSA) is 53.3 Å².